The number of halogens is 1. The first-order valence-electron chi connectivity index (χ1n) is 20.4. The number of rotatable bonds is 13. The van der Waals surface area contributed by atoms with E-state index in [4.69, 9.17) is 23.3 Å². The van der Waals surface area contributed by atoms with Crippen molar-refractivity contribution in [1.29, 1.82) is 0 Å². The summed E-state index contributed by atoms with van der Waals surface area (Å²) in [7, 11) is -6.72. The van der Waals surface area contributed by atoms with Crippen LogP contribution in [0.1, 0.15) is 43.0 Å². The van der Waals surface area contributed by atoms with Crippen LogP contribution in [-0.4, -0.2) is 100.0 Å². The van der Waals surface area contributed by atoms with Crippen LogP contribution < -0.4 is 9.47 Å². The van der Waals surface area contributed by atoms with E-state index < -0.39 is 30.0 Å². The Morgan fingerprint density at radius 2 is 1.20 bits per heavy atom. The zero-order valence-corrected chi connectivity index (χ0v) is 37.1. The first-order valence-corrected chi connectivity index (χ1v) is 23.2. The van der Waals surface area contributed by atoms with E-state index in [0.29, 0.717) is 0 Å². The predicted octanol–water partition coefficient (Wildman–Crippen LogP) is 8.40. The lowest BCUT2D eigenvalue weighted by molar-refractivity contribution is 0.0358. The standard InChI is InChI=1S/C19H20N2.C17H27NO3.C10H8O6S2.ClH/c1-20-12-11-19-17(14-20)16-9-5-6-10-18(16)21(19)13-15-7-3-2-4-8-15;1-2-3-12-20-16-5-7-17(8-6-16)21-13-4-9-18-10-14-19-15-11-18;11-17(12,13)9-5-1-3-7-8(9)4-2-6-10(7)18(14,15)16;/h2-10H,11-14H2,1H3;5-8H,2-4,9-15H2,1H3;1-6H,(H,11,12,13)(H,14,15,16);1H. The maximum Gasteiger partial charge on any atom is 0.295 e. The molecule has 1 saturated heterocycles. The molecule has 1 fully saturated rings. The van der Waals surface area contributed by atoms with E-state index in [9.17, 15) is 16.8 Å². The molecule has 2 aliphatic heterocycles. The molecule has 2 aliphatic rings. The van der Waals surface area contributed by atoms with Crippen molar-refractivity contribution in [3.05, 3.63) is 132 Å². The quantitative estimate of drug-likeness (QED) is 0.0851. The highest BCUT2D eigenvalue weighted by Crippen LogP contribution is 2.31. The van der Waals surface area contributed by atoms with Crippen molar-refractivity contribution in [2.45, 2.75) is 55.5 Å². The van der Waals surface area contributed by atoms with Crippen LogP contribution in [0.15, 0.2) is 125 Å². The van der Waals surface area contributed by atoms with Crippen molar-refractivity contribution in [1.82, 2.24) is 14.4 Å². The SMILES string of the molecule is CCCCOc1ccc(OCCCN2CCOCC2)cc1.CN1CCc2c(c3ccccc3n2Cc2ccccc2)C1.Cl.O=S(=O)(O)c1cccc2c(S(=O)(=O)O)cccc12. The van der Waals surface area contributed by atoms with E-state index in [1.807, 2.05) is 24.3 Å². The molecular formula is C46H56ClN3O9S2. The van der Waals surface area contributed by atoms with Gasteiger partial charge in [0.1, 0.15) is 21.3 Å². The van der Waals surface area contributed by atoms with E-state index >= 15 is 0 Å². The molecular weight excluding hydrogens is 838 g/mol. The summed E-state index contributed by atoms with van der Waals surface area (Å²) in [5.41, 5.74) is 5.80. The second-order valence-electron chi connectivity index (χ2n) is 14.9. The van der Waals surface area contributed by atoms with Crippen LogP contribution in [0.2, 0.25) is 0 Å². The highest BCUT2D eigenvalue weighted by atomic mass is 35.5. The molecule has 1 aromatic heterocycles. The summed E-state index contributed by atoms with van der Waals surface area (Å²) >= 11 is 0. The zero-order valence-electron chi connectivity index (χ0n) is 34.7. The number of likely N-dealkylation sites (N-methyl/N-ethyl adjacent to an activating group) is 1. The van der Waals surface area contributed by atoms with E-state index in [-0.39, 0.29) is 23.2 Å². The minimum atomic E-state index is -4.47. The topological polar surface area (TPSA) is 148 Å². The molecule has 61 heavy (non-hydrogen) atoms. The van der Waals surface area contributed by atoms with Crippen molar-refractivity contribution in [3.63, 3.8) is 0 Å². The van der Waals surface area contributed by atoms with Gasteiger partial charge in [-0.05, 0) is 73.5 Å². The number of benzene rings is 5. The number of hydrogen-bond donors (Lipinski definition) is 2. The maximum atomic E-state index is 11.2. The molecule has 0 unspecified atom stereocenters. The summed E-state index contributed by atoms with van der Waals surface area (Å²) in [6, 6.07) is 35.1. The number of ether oxygens (including phenoxy) is 3. The Kier molecular flexibility index (Phi) is 17.6. The van der Waals surface area contributed by atoms with E-state index in [1.54, 1.807) is 0 Å². The molecule has 0 bridgehead atoms. The summed E-state index contributed by atoms with van der Waals surface area (Å²) < 4.78 is 81.9. The van der Waals surface area contributed by atoms with Crippen molar-refractivity contribution < 1.29 is 40.2 Å². The third kappa shape index (κ3) is 13.2. The Morgan fingerprint density at radius 1 is 0.656 bits per heavy atom. The van der Waals surface area contributed by atoms with Gasteiger partial charge in [0.05, 0.1) is 26.4 Å². The fraction of sp³-hybridized carbons (Fsp3) is 0.348. The van der Waals surface area contributed by atoms with Crippen LogP contribution in [0, 0.1) is 0 Å². The monoisotopic (exact) mass is 893 g/mol. The number of nitrogens with zero attached hydrogens (tertiary/aromatic N) is 3. The molecule has 0 atom stereocenters. The molecule has 15 heteroatoms. The van der Waals surface area contributed by atoms with Crippen molar-refractivity contribution in [2.24, 2.45) is 0 Å². The predicted molar refractivity (Wildman–Crippen MR) is 243 cm³/mol. The third-order valence-corrected chi connectivity index (χ3v) is 12.3. The number of aromatic nitrogens is 1. The average molecular weight is 895 g/mol. The minimum absolute atomic E-state index is 0. The molecule has 12 nitrogen and oxygen atoms in total. The molecule has 0 aliphatic carbocycles. The minimum Gasteiger partial charge on any atom is -0.494 e. The van der Waals surface area contributed by atoms with E-state index in [0.717, 1.165) is 115 Å². The van der Waals surface area contributed by atoms with Gasteiger partial charge in [0.2, 0.25) is 0 Å². The summed E-state index contributed by atoms with van der Waals surface area (Å²) in [5.74, 6) is 1.84. The molecule has 0 saturated carbocycles. The third-order valence-electron chi connectivity index (χ3n) is 10.5. The van der Waals surface area contributed by atoms with Gasteiger partial charge in [-0.15, -0.1) is 12.4 Å². The summed E-state index contributed by atoms with van der Waals surface area (Å²) in [6.07, 6.45) is 4.45. The van der Waals surface area contributed by atoms with Gasteiger partial charge < -0.3 is 23.7 Å². The van der Waals surface area contributed by atoms with Gasteiger partial charge in [-0.1, -0.05) is 86.1 Å². The Hall–Kier alpha value is -4.51. The number of hydrogen-bond acceptors (Lipinski definition) is 9. The average Bonchev–Trinajstić information content (AvgIpc) is 3.55. The van der Waals surface area contributed by atoms with Crippen LogP contribution in [0.3, 0.4) is 0 Å². The van der Waals surface area contributed by atoms with Crippen molar-refractivity contribution in [3.8, 4) is 11.5 Å². The smallest absolute Gasteiger partial charge is 0.295 e. The highest BCUT2D eigenvalue weighted by molar-refractivity contribution is 7.86. The van der Waals surface area contributed by atoms with Crippen LogP contribution in [0.4, 0.5) is 0 Å². The molecule has 328 valence electrons. The first kappa shape index (κ1) is 47.5. The number of fused-ring (bicyclic) bond motifs is 4. The number of para-hydroxylation sites is 1. The number of unbranched alkanes of at least 4 members (excludes halogenated alkanes) is 1. The molecule has 6 aromatic rings. The zero-order chi connectivity index (χ0) is 42.5. The van der Waals surface area contributed by atoms with Gasteiger partial charge in [-0.3, -0.25) is 14.0 Å². The summed E-state index contributed by atoms with van der Waals surface area (Å²) in [5, 5.41) is 1.47. The molecule has 5 aromatic carbocycles. The molecule has 3 heterocycles. The first-order chi connectivity index (χ1) is 28.9. The van der Waals surface area contributed by atoms with Gasteiger partial charge in [0.25, 0.3) is 20.2 Å². The Morgan fingerprint density at radius 3 is 1.77 bits per heavy atom. The summed E-state index contributed by atoms with van der Waals surface area (Å²) in [6.45, 7) is 11.8. The Labute approximate surface area is 365 Å². The van der Waals surface area contributed by atoms with E-state index in [2.05, 4.69) is 82.9 Å². The van der Waals surface area contributed by atoms with Crippen LogP contribution in [-0.2, 0) is 44.5 Å². The second-order valence-corrected chi connectivity index (χ2v) is 17.7. The lowest BCUT2D eigenvalue weighted by atomic mass is 10.1. The molecule has 0 spiro atoms. The Bertz CT molecular complexity index is 2460. The van der Waals surface area contributed by atoms with Crippen molar-refractivity contribution >= 4 is 54.3 Å². The Balaban J connectivity index is 0.000000172. The largest absolute Gasteiger partial charge is 0.494 e. The van der Waals surface area contributed by atoms with Gasteiger partial charge >= 0.3 is 0 Å². The van der Waals surface area contributed by atoms with Gasteiger partial charge in [-0.2, -0.15) is 16.8 Å². The molecule has 8 rings (SSSR count). The lowest BCUT2D eigenvalue weighted by Gasteiger charge is -2.26. The van der Waals surface area contributed by atoms with Crippen molar-refractivity contribution in [2.75, 3.05) is 59.7 Å². The molecule has 2 N–H and O–H groups in total. The summed E-state index contributed by atoms with van der Waals surface area (Å²) in [4.78, 5) is 4.02. The van der Waals surface area contributed by atoms with Gasteiger partial charge in [0.15, 0.2) is 0 Å². The highest BCUT2D eigenvalue weighted by Gasteiger charge is 2.22. The maximum absolute atomic E-state index is 11.2. The fourth-order valence-electron chi connectivity index (χ4n) is 7.45. The molecule has 0 radical (unpaired) electrons. The second kappa shape index (κ2) is 22.5. The lowest BCUT2D eigenvalue weighted by Crippen LogP contribution is -2.37. The normalized spacial score (nSPS) is 14.5. The van der Waals surface area contributed by atoms with Crippen LogP contribution >= 0.6 is 12.4 Å². The van der Waals surface area contributed by atoms with Gasteiger partial charge in [-0.25, -0.2) is 0 Å². The number of morpholine rings is 1. The van der Waals surface area contributed by atoms with Crippen LogP contribution in [0.25, 0.3) is 21.7 Å². The molecule has 0 amide bonds. The fourth-order valence-corrected chi connectivity index (χ4v) is 8.87. The van der Waals surface area contributed by atoms with Gasteiger partial charge in [0, 0.05) is 73.1 Å². The van der Waals surface area contributed by atoms with Crippen LogP contribution in [0.5, 0.6) is 11.5 Å². The van der Waals surface area contributed by atoms with E-state index in [1.165, 1.54) is 52.0 Å².